The van der Waals surface area contributed by atoms with Crippen molar-refractivity contribution in [2.45, 2.75) is 13.8 Å². The maximum absolute atomic E-state index is 5.81. The zero-order chi connectivity index (χ0) is 11.0. The number of hydrogen-bond donors (Lipinski definition) is 2. The van der Waals surface area contributed by atoms with Crippen molar-refractivity contribution in [3.8, 4) is 5.82 Å². The minimum atomic E-state index is 0.383. The molecule has 0 unspecified atom stereocenters. The molecule has 0 aliphatic rings. The first-order chi connectivity index (χ1) is 7.09. The molecule has 2 rings (SSSR count). The Bertz CT molecular complexity index is 484. The lowest BCUT2D eigenvalue weighted by atomic mass is 10.3. The smallest absolute Gasteiger partial charge is 0.176 e. The number of anilines is 2. The molecule has 4 N–H and O–H groups in total. The monoisotopic (exact) mass is 204 g/mol. The Morgan fingerprint density at radius 1 is 1.13 bits per heavy atom. The Morgan fingerprint density at radius 2 is 1.87 bits per heavy atom. The molecule has 2 aromatic rings. The lowest BCUT2D eigenvalue weighted by Crippen LogP contribution is -2.04. The van der Waals surface area contributed by atoms with Crippen LogP contribution in [0.1, 0.15) is 11.4 Å². The van der Waals surface area contributed by atoms with Crippen LogP contribution in [0, 0.1) is 13.8 Å². The van der Waals surface area contributed by atoms with E-state index in [9.17, 15) is 0 Å². The summed E-state index contributed by atoms with van der Waals surface area (Å²) >= 11 is 0. The van der Waals surface area contributed by atoms with Gasteiger partial charge in [0.05, 0.1) is 17.1 Å². The normalized spacial score (nSPS) is 10.5. The third-order valence-corrected chi connectivity index (χ3v) is 2.24. The maximum Gasteiger partial charge on any atom is 0.176 e. The lowest BCUT2D eigenvalue weighted by molar-refractivity contribution is 0.783. The molecule has 15 heavy (non-hydrogen) atoms. The van der Waals surface area contributed by atoms with Crippen molar-refractivity contribution >= 4 is 11.5 Å². The molecule has 0 bridgehead atoms. The minimum Gasteiger partial charge on any atom is -0.396 e. The van der Waals surface area contributed by atoms with Gasteiger partial charge in [-0.2, -0.15) is 5.10 Å². The van der Waals surface area contributed by atoms with Gasteiger partial charge in [0.1, 0.15) is 5.82 Å². The van der Waals surface area contributed by atoms with Gasteiger partial charge in [0.15, 0.2) is 5.82 Å². The fourth-order valence-corrected chi connectivity index (χ4v) is 1.33. The van der Waals surface area contributed by atoms with Crippen LogP contribution in [0.25, 0.3) is 5.82 Å². The highest BCUT2D eigenvalue weighted by Crippen LogP contribution is 2.17. The number of rotatable bonds is 1. The quantitative estimate of drug-likeness (QED) is 0.702. The van der Waals surface area contributed by atoms with E-state index in [4.69, 9.17) is 11.5 Å². The number of nitrogen functional groups attached to an aromatic ring is 2. The first kappa shape index (κ1) is 9.45. The summed E-state index contributed by atoms with van der Waals surface area (Å²) in [6, 6.07) is 3.43. The van der Waals surface area contributed by atoms with Gasteiger partial charge in [-0.25, -0.2) is 4.68 Å². The second-order valence-corrected chi connectivity index (χ2v) is 3.31. The van der Waals surface area contributed by atoms with E-state index in [0.717, 1.165) is 11.4 Å². The molecule has 0 radical (unpaired) electrons. The first-order valence-electron chi connectivity index (χ1n) is 4.51. The maximum atomic E-state index is 5.81. The predicted octanol–water partition coefficient (Wildman–Crippen LogP) is 0.444. The van der Waals surface area contributed by atoms with E-state index in [2.05, 4.69) is 15.3 Å². The van der Waals surface area contributed by atoms with Gasteiger partial charge in [-0.05, 0) is 26.0 Å². The van der Waals surface area contributed by atoms with Crippen LogP contribution < -0.4 is 11.5 Å². The van der Waals surface area contributed by atoms with Crippen molar-refractivity contribution in [1.82, 2.24) is 20.0 Å². The summed E-state index contributed by atoms with van der Waals surface area (Å²) in [4.78, 5) is 0. The van der Waals surface area contributed by atoms with Crippen LogP contribution in [0.15, 0.2) is 12.1 Å². The molecule has 0 aliphatic carbocycles. The van der Waals surface area contributed by atoms with Crippen molar-refractivity contribution in [3.05, 3.63) is 23.5 Å². The number of hydrogen-bond acceptors (Lipinski definition) is 5. The summed E-state index contributed by atoms with van der Waals surface area (Å²) in [5.74, 6) is 0.995. The average Bonchev–Trinajstić information content (AvgIpc) is 2.47. The molecular formula is C9H12N6. The van der Waals surface area contributed by atoms with Crippen LogP contribution in [-0.4, -0.2) is 20.0 Å². The fraction of sp³-hybridized carbons (Fsp3) is 0.222. The van der Waals surface area contributed by atoms with Gasteiger partial charge in [-0.1, -0.05) is 0 Å². The minimum absolute atomic E-state index is 0.383. The number of aryl methyl sites for hydroxylation is 1. The highest BCUT2D eigenvalue weighted by atomic mass is 15.4. The summed E-state index contributed by atoms with van der Waals surface area (Å²) < 4.78 is 1.65. The van der Waals surface area contributed by atoms with Gasteiger partial charge < -0.3 is 11.5 Å². The van der Waals surface area contributed by atoms with Gasteiger partial charge in [0.25, 0.3) is 0 Å². The molecule has 0 spiro atoms. The molecule has 78 valence electrons. The lowest BCUT2D eigenvalue weighted by Gasteiger charge is -2.01. The third kappa shape index (κ3) is 1.50. The Labute approximate surface area is 86.9 Å². The van der Waals surface area contributed by atoms with Crippen molar-refractivity contribution in [2.75, 3.05) is 11.5 Å². The highest BCUT2D eigenvalue weighted by Gasteiger charge is 2.10. The van der Waals surface area contributed by atoms with Gasteiger partial charge in [0.2, 0.25) is 0 Å². The highest BCUT2D eigenvalue weighted by molar-refractivity contribution is 5.49. The number of nitrogens with zero attached hydrogens (tertiary/aromatic N) is 4. The molecule has 0 fully saturated rings. The average molecular weight is 204 g/mol. The van der Waals surface area contributed by atoms with Gasteiger partial charge in [-0.3, -0.25) is 0 Å². The van der Waals surface area contributed by atoms with E-state index in [1.54, 1.807) is 16.8 Å². The molecule has 6 nitrogen and oxygen atoms in total. The standard InChI is InChI=1S/C9H12N6/c1-5-9(11)6(2)15(14-5)8-4-3-7(10)12-13-8/h3-4H,11H2,1-2H3,(H2,10,12). The third-order valence-electron chi connectivity index (χ3n) is 2.24. The molecule has 0 saturated carbocycles. The van der Waals surface area contributed by atoms with Crippen LogP contribution in [0.3, 0.4) is 0 Å². The molecule has 0 aliphatic heterocycles. The Balaban J connectivity index is 2.54. The number of nitrogens with two attached hydrogens (primary N) is 2. The molecule has 0 atom stereocenters. The van der Waals surface area contributed by atoms with E-state index >= 15 is 0 Å². The largest absolute Gasteiger partial charge is 0.396 e. The molecule has 2 aromatic heterocycles. The van der Waals surface area contributed by atoms with Crippen LogP contribution in [-0.2, 0) is 0 Å². The SMILES string of the molecule is Cc1nn(-c2ccc(N)nn2)c(C)c1N. The van der Waals surface area contributed by atoms with Gasteiger partial charge >= 0.3 is 0 Å². The van der Waals surface area contributed by atoms with Crippen molar-refractivity contribution in [3.63, 3.8) is 0 Å². The van der Waals surface area contributed by atoms with Gasteiger partial charge in [-0.15, -0.1) is 10.2 Å². The second kappa shape index (κ2) is 3.23. The van der Waals surface area contributed by atoms with Gasteiger partial charge in [0, 0.05) is 0 Å². The molecule has 6 heteroatoms. The van der Waals surface area contributed by atoms with Crippen molar-refractivity contribution < 1.29 is 0 Å². The number of aromatic nitrogens is 4. The molecular weight excluding hydrogens is 192 g/mol. The van der Waals surface area contributed by atoms with Crippen molar-refractivity contribution in [1.29, 1.82) is 0 Å². The van der Waals surface area contributed by atoms with E-state index in [0.29, 0.717) is 17.3 Å². The topological polar surface area (TPSA) is 95.6 Å². The van der Waals surface area contributed by atoms with Crippen LogP contribution in [0.2, 0.25) is 0 Å². The summed E-state index contributed by atoms with van der Waals surface area (Å²) in [6.07, 6.45) is 0. The molecule has 2 heterocycles. The zero-order valence-electron chi connectivity index (χ0n) is 8.60. The summed E-state index contributed by atoms with van der Waals surface area (Å²) in [5, 5.41) is 12.0. The Kier molecular flexibility index (Phi) is 2.03. The second-order valence-electron chi connectivity index (χ2n) is 3.31. The zero-order valence-corrected chi connectivity index (χ0v) is 8.60. The Morgan fingerprint density at radius 3 is 2.33 bits per heavy atom. The van der Waals surface area contributed by atoms with E-state index in [1.807, 2.05) is 13.8 Å². The first-order valence-corrected chi connectivity index (χ1v) is 4.51. The molecule has 0 aromatic carbocycles. The van der Waals surface area contributed by atoms with Crippen molar-refractivity contribution in [2.24, 2.45) is 0 Å². The predicted molar refractivity (Wildman–Crippen MR) is 57.5 cm³/mol. The summed E-state index contributed by atoms with van der Waals surface area (Å²) in [6.45, 7) is 3.73. The van der Waals surface area contributed by atoms with E-state index in [-0.39, 0.29) is 0 Å². The van der Waals surface area contributed by atoms with Crippen LogP contribution >= 0.6 is 0 Å². The summed E-state index contributed by atoms with van der Waals surface area (Å²) in [5.41, 5.74) is 13.6. The molecule has 0 amide bonds. The summed E-state index contributed by atoms with van der Waals surface area (Å²) in [7, 11) is 0. The van der Waals surface area contributed by atoms with E-state index in [1.165, 1.54) is 0 Å². The van der Waals surface area contributed by atoms with Crippen LogP contribution in [0.5, 0.6) is 0 Å². The fourth-order valence-electron chi connectivity index (χ4n) is 1.33. The molecule has 0 saturated heterocycles. The van der Waals surface area contributed by atoms with E-state index < -0.39 is 0 Å². The Hall–Kier alpha value is -2.11. The van der Waals surface area contributed by atoms with Crippen LogP contribution in [0.4, 0.5) is 11.5 Å².